The average Bonchev–Trinajstić information content (AvgIpc) is 3.10. The molecule has 1 aromatic carbocycles. The van der Waals surface area contributed by atoms with Crippen molar-refractivity contribution < 1.29 is 18.3 Å². The van der Waals surface area contributed by atoms with Crippen molar-refractivity contribution in [3.05, 3.63) is 35.9 Å². The third-order valence-corrected chi connectivity index (χ3v) is 3.28. The summed E-state index contributed by atoms with van der Waals surface area (Å²) in [6, 6.07) is 4.98. The number of aromatic amines is 1. The Morgan fingerprint density at radius 2 is 2.14 bits per heavy atom. The van der Waals surface area contributed by atoms with Crippen LogP contribution in [0.3, 0.4) is 0 Å². The van der Waals surface area contributed by atoms with Crippen LogP contribution in [-0.4, -0.2) is 28.8 Å². The van der Waals surface area contributed by atoms with Gasteiger partial charge >= 0.3 is 0 Å². The molecule has 1 amide bonds. The van der Waals surface area contributed by atoms with Gasteiger partial charge in [0.2, 0.25) is 0 Å². The lowest BCUT2D eigenvalue weighted by Crippen LogP contribution is -2.26. The van der Waals surface area contributed by atoms with Crippen LogP contribution < -0.4 is 5.32 Å². The number of hydrogen-bond acceptors (Lipinski definition) is 3. The minimum absolute atomic E-state index is 0.160. The summed E-state index contributed by atoms with van der Waals surface area (Å²) < 4.78 is 32.6. The first-order chi connectivity index (χ1) is 10.1. The van der Waals surface area contributed by atoms with Gasteiger partial charge in [-0.3, -0.25) is 9.89 Å². The lowest BCUT2D eigenvalue weighted by atomic mass is 10.1. The summed E-state index contributed by atoms with van der Waals surface area (Å²) in [7, 11) is 0. The van der Waals surface area contributed by atoms with Crippen LogP contribution in [0.2, 0.25) is 0 Å². The van der Waals surface area contributed by atoms with Gasteiger partial charge in [0, 0.05) is 12.7 Å². The summed E-state index contributed by atoms with van der Waals surface area (Å²) in [6.45, 7) is 0.560. The molecule has 2 aromatic rings. The first-order valence-corrected chi connectivity index (χ1v) is 6.57. The summed E-state index contributed by atoms with van der Waals surface area (Å²) in [4.78, 5) is 11.9. The van der Waals surface area contributed by atoms with Gasteiger partial charge in [-0.2, -0.15) is 5.10 Å². The van der Waals surface area contributed by atoms with Gasteiger partial charge in [-0.15, -0.1) is 0 Å². The molecule has 1 aliphatic rings. The number of nitrogens with one attached hydrogen (secondary N) is 2. The SMILES string of the molecule is O=C(Nc1cc(-c2c(F)cccc2F)[nH]n1)C1CCCO1. The van der Waals surface area contributed by atoms with Crippen molar-refractivity contribution in [2.75, 3.05) is 11.9 Å². The molecule has 0 radical (unpaired) electrons. The number of carbonyl (C=O) groups excluding carboxylic acids is 1. The van der Waals surface area contributed by atoms with Crippen LogP contribution >= 0.6 is 0 Å². The van der Waals surface area contributed by atoms with Gasteiger partial charge in [-0.05, 0) is 25.0 Å². The minimum Gasteiger partial charge on any atom is -0.368 e. The molecule has 2 N–H and O–H groups in total. The highest BCUT2D eigenvalue weighted by Gasteiger charge is 2.24. The monoisotopic (exact) mass is 293 g/mol. The highest BCUT2D eigenvalue weighted by molar-refractivity contribution is 5.93. The number of anilines is 1. The number of carbonyl (C=O) groups is 1. The van der Waals surface area contributed by atoms with E-state index in [4.69, 9.17) is 4.74 Å². The van der Waals surface area contributed by atoms with E-state index in [0.717, 1.165) is 18.6 Å². The van der Waals surface area contributed by atoms with Gasteiger partial charge < -0.3 is 10.1 Å². The number of rotatable bonds is 3. The van der Waals surface area contributed by atoms with E-state index >= 15 is 0 Å². The van der Waals surface area contributed by atoms with E-state index in [-0.39, 0.29) is 23.0 Å². The molecule has 21 heavy (non-hydrogen) atoms. The van der Waals surface area contributed by atoms with Crippen LogP contribution in [0.5, 0.6) is 0 Å². The van der Waals surface area contributed by atoms with Gasteiger partial charge in [-0.25, -0.2) is 8.78 Å². The fraction of sp³-hybridized carbons (Fsp3) is 0.286. The highest BCUT2D eigenvalue weighted by atomic mass is 19.1. The fourth-order valence-electron chi connectivity index (χ4n) is 2.26. The molecular formula is C14H13F2N3O2. The molecule has 0 saturated carbocycles. The Morgan fingerprint density at radius 3 is 2.81 bits per heavy atom. The molecule has 0 spiro atoms. The Balaban J connectivity index is 1.78. The topological polar surface area (TPSA) is 67.0 Å². The van der Waals surface area contributed by atoms with Crippen LogP contribution in [-0.2, 0) is 9.53 Å². The van der Waals surface area contributed by atoms with Crippen LogP contribution in [0.15, 0.2) is 24.3 Å². The smallest absolute Gasteiger partial charge is 0.254 e. The number of aromatic nitrogens is 2. The predicted molar refractivity (Wildman–Crippen MR) is 71.5 cm³/mol. The number of nitrogens with zero attached hydrogens (tertiary/aromatic N) is 1. The Morgan fingerprint density at radius 1 is 1.38 bits per heavy atom. The van der Waals surface area contributed by atoms with E-state index in [1.54, 1.807) is 0 Å². The minimum atomic E-state index is -0.698. The quantitative estimate of drug-likeness (QED) is 0.913. The summed E-state index contributed by atoms with van der Waals surface area (Å²) in [6.07, 6.45) is 1.01. The Kier molecular flexibility index (Phi) is 3.66. The van der Waals surface area contributed by atoms with Gasteiger partial charge in [0.25, 0.3) is 5.91 Å². The van der Waals surface area contributed by atoms with E-state index in [1.807, 2.05) is 0 Å². The van der Waals surface area contributed by atoms with Crippen LogP contribution in [0.1, 0.15) is 12.8 Å². The third-order valence-electron chi connectivity index (χ3n) is 3.28. The third kappa shape index (κ3) is 2.78. The number of ether oxygens (including phenoxy) is 1. The number of H-pyrrole nitrogens is 1. The van der Waals surface area contributed by atoms with Crippen LogP contribution in [0.4, 0.5) is 14.6 Å². The van der Waals surface area contributed by atoms with Crippen molar-refractivity contribution in [2.24, 2.45) is 0 Å². The van der Waals surface area contributed by atoms with Crippen molar-refractivity contribution in [3.8, 4) is 11.3 Å². The Labute approximate surface area is 119 Å². The van der Waals surface area contributed by atoms with E-state index in [2.05, 4.69) is 15.5 Å². The maximum absolute atomic E-state index is 13.7. The van der Waals surface area contributed by atoms with Crippen molar-refractivity contribution in [1.82, 2.24) is 10.2 Å². The lowest BCUT2D eigenvalue weighted by molar-refractivity contribution is -0.124. The van der Waals surface area contributed by atoms with Gasteiger partial charge in [0.15, 0.2) is 5.82 Å². The summed E-state index contributed by atoms with van der Waals surface area (Å²) in [5.41, 5.74) is -0.0455. The standard InChI is InChI=1S/C14H13F2N3O2/c15-8-3-1-4-9(16)13(8)10-7-12(19-18-10)17-14(20)11-5-2-6-21-11/h1,3-4,7,11H,2,5-6H2,(H2,17,18,19,20). The zero-order valence-corrected chi connectivity index (χ0v) is 11.0. The average molecular weight is 293 g/mol. The lowest BCUT2D eigenvalue weighted by Gasteiger charge is -2.07. The second-order valence-corrected chi connectivity index (χ2v) is 4.75. The number of halogens is 2. The molecule has 1 fully saturated rings. The molecule has 1 saturated heterocycles. The molecule has 7 heteroatoms. The molecule has 1 aromatic heterocycles. The molecule has 1 aliphatic heterocycles. The van der Waals surface area contributed by atoms with Crippen LogP contribution in [0.25, 0.3) is 11.3 Å². The first kappa shape index (κ1) is 13.7. The molecule has 110 valence electrons. The molecule has 1 atom stereocenters. The fourth-order valence-corrected chi connectivity index (χ4v) is 2.26. The van der Waals surface area contributed by atoms with E-state index in [0.29, 0.717) is 13.0 Å². The zero-order chi connectivity index (χ0) is 14.8. The Hall–Kier alpha value is -2.28. The molecule has 0 aliphatic carbocycles. The second kappa shape index (κ2) is 5.61. The van der Waals surface area contributed by atoms with Crippen LogP contribution in [0, 0.1) is 11.6 Å². The van der Waals surface area contributed by atoms with Crippen molar-refractivity contribution >= 4 is 11.7 Å². The molecule has 3 rings (SSSR count). The number of hydrogen-bond donors (Lipinski definition) is 2. The number of amides is 1. The maximum Gasteiger partial charge on any atom is 0.254 e. The van der Waals surface area contributed by atoms with Crippen molar-refractivity contribution in [2.45, 2.75) is 18.9 Å². The molecule has 5 nitrogen and oxygen atoms in total. The van der Waals surface area contributed by atoms with Gasteiger partial charge in [-0.1, -0.05) is 6.07 Å². The first-order valence-electron chi connectivity index (χ1n) is 6.57. The van der Waals surface area contributed by atoms with Gasteiger partial charge in [0.1, 0.15) is 17.7 Å². The normalized spacial score (nSPS) is 17.9. The second-order valence-electron chi connectivity index (χ2n) is 4.75. The molecular weight excluding hydrogens is 280 g/mol. The highest BCUT2D eigenvalue weighted by Crippen LogP contribution is 2.26. The summed E-state index contributed by atoms with van der Waals surface area (Å²) >= 11 is 0. The molecule has 0 bridgehead atoms. The largest absolute Gasteiger partial charge is 0.368 e. The summed E-state index contributed by atoms with van der Waals surface area (Å²) in [5, 5.41) is 8.92. The van der Waals surface area contributed by atoms with Gasteiger partial charge in [0.05, 0.1) is 11.3 Å². The Bertz CT molecular complexity index is 646. The summed E-state index contributed by atoms with van der Waals surface area (Å²) in [5.74, 6) is -1.50. The maximum atomic E-state index is 13.7. The van der Waals surface area contributed by atoms with Crippen molar-refractivity contribution in [1.29, 1.82) is 0 Å². The van der Waals surface area contributed by atoms with E-state index in [9.17, 15) is 13.6 Å². The zero-order valence-electron chi connectivity index (χ0n) is 11.0. The number of benzene rings is 1. The van der Waals surface area contributed by atoms with E-state index in [1.165, 1.54) is 12.1 Å². The van der Waals surface area contributed by atoms with E-state index < -0.39 is 17.7 Å². The van der Waals surface area contributed by atoms with Crippen molar-refractivity contribution in [3.63, 3.8) is 0 Å². The predicted octanol–water partition coefficient (Wildman–Crippen LogP) is 2.47. The molecule has 2 heterocycles. The molecule has 1 unspecified atom stereocenters.